The number of ether oxygens (including phenoxy) is 1. The van der Waals surface area contributed by atoms with E-state index in [0.717, 1.165) is 11.3 Å². The van der Waals surface area contributed by atoms with Crippen LogP contribution in [0.15, 0.2) is 54.6 Å². The van der Waals surface area contributed by atoms with Crippen molar-refractivity contribution in [1.29, 1.82) is 0 Å². The average molecular weight is 381 g/mol. The van der Waals surface area contributed by atoms with Crippen molar-refractivity contribution in [2.24, 2.45) is 5.92 Å². The van der Waals surface area contributed by atoms with Crippen LogP contribution < -0.4 is 20.9 Å². The minimum Gasteiger partial charge on any atom is -0.497 e. The molecule has 28 heavy (non-hydrogen) atoms. The minimum absolute atomic E-state index is 0.104. The summed E-state index contributed by atoms with van der Waals surface area (Å²) < 4.78 is 5.07. The zero-order valence-electron chi connectivity index (χ0n) is 16.0. The fourth-order valence-corrected chi connectivity index (χ4v) is 2.11. The number of benzene rings is 2. The summed E-state index contributed by atoms with van der Waals surface area (Å²) in [6.07, 6.45) is 2.93. The van der Waals surface area contributed by atoms with Crippen LogP contribution in [-0.4, -0.2) is 24.8 Å². The molecule has 2 aromatic carbocycles. The first kappa shape index (κ1) is 20.7. The van der Waals surface area contributed by atoms with E-state index in [1.54, 1.807) is 75.6 Å². The second kappa shape index (κ2) is 9.91. The normalized spacial score (nSPS) is 10.6. The van der Waals surface area contributed by atoms with Gasteiger partial charge in [-0.05, 0) is 48.0 Å². The molecule has 0 bridgehead atoms. The maximum absolute atomic E-state index is 12.1. The number of rotatable bonds is 6. The highest BCUT2D eigenvalue weighted by molar-refractivity contribution is 5.98. The van der Waals surface area contributed by atoms with E-state index in [4.69, 9.17) is 4.74 Å². The van der Waals surface area contributed by atoms with Gasteiger partial charge in [-0.1, -0.05) is 26.0 Å². The molecule has 0 aliphatic carbocycles. The standard InChI is InChI=1S/C21H23N3O4/c1-14(2)20(26)22-17-9-7-16(8-10-17)21(27)24-23-19(25)13-6-15-4-11-18(28-3)12-5-15/h4-14H,1-3H3,(H,22,26)(H,23,25)(H,24,27). The quantitative estimate of drug-likeness (QED) is 0.529. The topological polar surface area (TPSA) is 96.5 Å². The molecule has 0 aromatic heterocycles. The van der Waals surface area contributed by atoms with Crippen LogP contribution in [0.4, 0.5) is 5.69 Å². The number of carbonyl (C=O) groups is 3. The van der Waals surface area contributed by atoms with Gasteiger partial charge in [-0.2, -0.15) is 0 Å². The number of hydrogen-bond donors (Lipinski definition) is 3. The fraction of sp³-hybridized carbons (Fsp3) is 0.190. The predicted molar refractivity (Wildman–Crippen MR) is 108 cm³/mol. The van der Waals surface area contributed by atoms with Crippen molar-refractivity contribution in [3.63, 3.8) is 0 Å². The summed E-state index contributed by atoms with van der Waals surface area (Å²) >= 11 is 0. The van der Waals surface area contributed by atoms with E-state index in [2.05, 4.69) is 16.2 Å². The molecule has 0 unspecified atom stereocenters. The third kappa shape index (κ3) is 6.28. The molecule has 3 N–H and O–H groups in total. The Balaban J connectivity index is 1.84. The molecule has 0 saturated heterocycles. The highest BCUT2D eigenvalue weighted by Gasteiger charge is 2.09. The minimum atomic E-state index is -0.468. The molecule has 0 fully saturated rings. The molecular formula is C21H23N3O4. The Morgan fingerprint density at radius 3 is 2.14 bits per heavy atom. The molecule has 0 aliphatic heterocycles. The van der Waals surface area contributed by atoms with Crippen LogP contribution in [0.5, 0.6) is 5.75 Å². The van der Waals surface area contributed by atoms with Crippen LogP contribution in [0.2, 0.25) is 0 Å². The Morgan fingerprint density at radius 2 is 1.57 bits per heavy atom. The van der Waals surface area contributed by atoms with Crippen molar-refractivity contribution in [2.75, 3.05) is 12.4 Å². The first-order chi connectivity index (χ1) is 13.4. The fourth-order valence-electron chi connectivity index (χ4n) is 2.11. The van der Waals surface area contributed by atoms with Crippen LogP contribution in [-0.2, 0) is 9.59 Å². The second-order valence-electron chi connectivity index (χ2n) is 6.27. The van der Waals surface area contributed by atoms with Gasteiger partial charge in [0.05, 0.1) is 7.11 Å². The molecule has 0 heterocycles. The number of nitrogens with one attached hydrogen (secondary N) is 3. The first-order valence-corrected chi connectivity index (χ1v) is 8.72. The van der Waals surface area contributed by atoms with E-state index >= 15 is 0 Å². The van der Waals surface area contributed by atoms with Crippen molar-refractivity contribution in [3.05, 3.63) is 65.7 Å². The average Bonchev–Trinajstić information content (AvgIpc) is 2.71. The van der Waals surface area contributed by atoms with Crippen LogP contribution in [0.3, 0.4) is 0 Å². The number of hydrogen-bond acceptors (Lipinski definition) is 4. The lowest BCUT2D eigenvalue weighted by atomic mass is 10.1. The van der Waals surface area contributed by atoms with Gasteiger partial charge in [-0.25, -0.2) is 0 Å². The monoisotopic (exact) mass is 381 g/mol. The summed E-state index contributed by atoms with van der Waals surface area (Å²) in [6.45, 7) is 3.59. The number of methoxy groups -OCH3 is 1. The number of amides is 3. The van der Waals surface area contributed by atoms with Crippen molar-refractivity contribution >= 4 is 29.5 Å². The van der Waals surface area contributed by atoms with E-state index in [1.807, 2.05) is 0 Å². The summed E-state index contributed by atoms with van der Waals surface area (Å²) in [6, 6.07) is 13.6. The summed E-state index contributed by atoms with van der Waals surface area (Å²) in [5.74, 6) is -0.446. The maximum atomic E-state index is 12.1. The molecule has 0 aliphatic rings. The summed E-state index contributed by atoms with van der Waals surface area (Å²) in [5.41, 5.74) is 6.42. The highest BCUT2D eigenvalue weighted by Crippen LogP contribution is 2.12. The lowest BCUT2D eigenvalue weighted by Gasteiger charge is -2.09. The van der Waals surface area contributed by atoms with Crippen molar-refractivity contribution in [2.45, 2.75) is 13.8 Å². The summed E-state index contributed by atoms with van der Waals surface area (Å²) in [5, 5.41) is 2.74. The van der Waals surface area contributed by atoms with E-state index < -0.39 is 11.8 Å². The second-order valence-corrected chi connectivity index (χ2v) is 6.27. The Hall–Kier alpha value is -3.61. The Labute approximate surface area is 163 Å². The molecule has 0 saturated carbocycles. The smallest absolute Gasteiger partial charge is 0.269 e. The largest absolute Gasteiger partial charge is 0.497 e. The molecule has 7 heteroatoms. The lowest BCUT2D eigenvalue weighted by Crippen LogP contribution is -2.40. The molecule has 0 radical (unpaired) electrons. The molecule has 0 atom stereocenters. The molecular weight excluding hydrogens is 358 g/mol. The van der Waals surface area contributed by atoms with Gasteiger partial charge in [-0.3, -0.25) is 25.2 Å². The zero-order valence-corrected chi connectivity index (χ0v) is 16.0. The van der Waals surface area contributed by atoms with Gasteiger partial charge in [-0.15, -0.1) is 0 Å². The molecule has 3 amide bonds. The van der Waals surface area contributed by atoms with E-state index in [-0.39, 0.29) is 11.8 Å². The molecule has 146 valence electrons. The lowest BCUT2D eigenvalue weighted by molar-refractivity contribution is -0.119. The van der Waals surface area contributed by atoms with Gasteiger partial charge in [0.15, 0.2) is 0 Å². The van der Waals surface area contributed by atoms with E-state index in [1.165, 1.54) is 6.08 Å². The van der Waals surface area contributed by atoms with E-state index in [0.29, 0.717) is 11.3 Å². The van der Waals surface area contributed by atoms with Crippen LogP contribution >= 0.6 is 0 Å². The SMILES string of the molecule is COc1ccc(C=CC(=O)NNC(=O)c2ccc(NC(=O)C(C)C)cc2)cc1. The molecule has 0 spiro atoms. The third-order valence-electron chi connectivity index (χ3n) is 3.78. The van der Waals surface area contributed by atoms with Crippen LogP contribution in [0, 0.1) is 5.92 Å². The molecule has 7 nitrogen and oxygen atoms in total. The highest BCUT2D eigenvalue weighted by atomic mass is 16.5. The number of carbonyl (C=O) groups excluding carboxylic acids is 3. The molecule has 2 rings (SSSR count). The third-order valence-corrected chi connectivity index (χ3v) is 3.78. The van der Waals surface area contributed by atoms with Gasteiger partial charge in [0.25, 0.3) is 11.8 Å². The van der Waals surface area contributed by atoms with Gasteiger partial charge in [0.2, 0.25) is 5.91 Å². The number of anilines is 1. The Morgan fingerprint density at radius 1 is 0.929 bits per heavy atom. The van der Waals surface area contributed by atoms with Crippen molar-refractivity contribution in [1.82, 2.24) is 10.9 Å². The van der Waals surface area contributed by atoms with Crippen molar-refractivity contribution < 1.29 is 19.1 Å². The van der Waals surface area contributed by atoms with Gasteiger partial charge < -0.3 is 10.1 Å². The van der Waals surface area contributed by atoms with Gasteiger partial charge >= 0.3 is 0 Å². The van der Waals surface area contributed by atoms with Crippen LogP contribution in [0.25, 0.3) is 6.08 Å². The van der Waals surface area contributed by atoms with Crippen LogP contribution in [0.1, 0.15) is 29.8 Å². The Kier molecular flexibility index (Phi) is 7.33. The summed E-state index contributed by atoms with van der Waals surface area (Å²) in [4.78, 5) is 35.6. The van der Waals surface area contributed by atoms with Gasteiger partial charge in [0.1, 0.15) is 5.75 Å². The van der Waals surface area contributed by atoms with Crippen molar-refractivity contribution in [3.8, 4) is 5.75 Å². The molecule has 2 aromatic rings. The van der Waals surface area contributed by atoms with Gasteiger partial charge in [0, 0.05) is 23.2 Å². The summed E-state index contributed by atoms with van der Waals surface area (Å²) in [7, 11) is 1.58. The zero-order chi connectivity index (χ0) is 20.5. The predicted octanol–water partition coefficient (Wildman–Crippen LogP) is 2.76. The van der Waals surface area contributed by atoms with E-state index in [9.17, 15) is 14.4 Å². The first-order valence-electron chi connectivity index (χ1n) is 8.72. The Bertz CT molecular complexity index is 856. The number of hydrazine groups is 1. The maximum Gasteiger partial charge on any atom is 0.269 e.